The SMILES string of the molecule is CS(=O)(=O)c1ccc(OCC(=O)Nc2cccc(F)c2)cc1. The van der Waals surface area contributed by atoms with Gasteiger partial charge in [-0.15, -0.1) is 0 Å². The van der Waals surface area contributed by atoms with Gasteiger partial charge >= 0.3 is 0 Å². The highest BCUT2D eigenvalue weighted by atomic mass is 32.2. The molecule has 7 heteroatoms. The van der Waals surface area contributed by atoms with Crippen molar-refractivity contribution in [2.75, 3.05) is 18.2 Å². The van der Waals surface area contributed by atoms with E-state index in [0.29, 0.717) is 11.4 Å². The van der Waals surface area contributed by atoms with E-state index in [0.717, 1.165) is 6.26 Å². The molecule has 116 valence electrons. The van der Waals surface area contributed by atoms with E-state index in [1.807, 2.05) is 0 Å². The van der Waals surface area contributed by atoms with Gasteiger partial charge in [-0.05, 0) is 42.5 Å². The molecule has 5 nitrogen and oxygen atoms in total. The zero-order chi connectivity index (χ0) is 16.2. The lowest BCUT2D eigenvalue weighted by molar-refractivity contribution is -0.118. The Morgan fingerprint density at radius 1 is 1.18 bits per heavy atom. The summed E-state index contributed by atoms with van der Waals surface area (Å²) in [7, 11) is -3.27. The molecule has 1 N–H and O–H groups in total. The predicted molar refractivity (Wildman–Crippen MR) is 80.1 cm³/mol. The minimum atomic E-state index is -3.27. The number of nitrogens with one attached hydrogen (secondary N) is 1. The molecule has 2 rings (SSSR count). The number of ether oxygens (including phenoxy) is 1. The molecule has 0 saturated carbocycles. The Labute approximate surface area is 127 Å². The first-order valence-electron chi connectivity index (χ1n) is 6.33. The molecule has 0 saturated heterocycles. The average molecular weight is 323 g/mol. The lowest BCUT2D eigenvalue weighted by Crippen LogP contribution is -2.20. The first-order chi connectivity index (χ1) is 10.3. The van der Waals surface area contributed by atoms with Crippen LogP contribution in [0.4, 0.5) is 10.1 Å². The monoisotopic (exact) mass is 323 g/mol. The number of halogens is 1. The Morgan fingerprint density at radius 2 is 1.86 bits per heavy atom. The van der Waals surface area contributed by atoms with Crippen molar-refractivity contribution in [2.45, 2.75) is 4.90 Å². The fourth-order valence-electron chi connectivity index (χ4n) is 1.70. The molecule has 1 amide bonds. The van der Waals surface area contributed by atoms with Gasteiger partial charge in [0, 0.05) is 11.9 Å². The maximum absolute atomic E-state index is 13.0. The quantitative estimate of drug-likeness (QED) is 0.916. The molecule has 0 fully saturated rings. The Balaban J connectivity index is 1.91. The van der Waals surface area contributed by atoms with Crippen molar-refractivity contribution in [3.63, 3.8) is 0 Å². The molecule has 2 aromatic carbocycles. The summed E-state index contributed by atoms with van der Waals surface area (Å²) in [4.78, 5) is 11.8. The van der Waals surface area contributed by atoms with E-state index in [2.05, 4.69) is 5.32 Å². The summed E-state index contributed by atoms with van der Waals surface area (Å²) in [6, 6.07) is 11.2. The van der Waals surface area contributed by atoms with Gasteiger partial charge in [-0.25, -0.2) is 12.8 Å². The third-order valence-corrected chi connectivity index (χ3v) is 3.86. The summed E-state index contributed by atoms with van der Waals surface area (Å²) >= 11 is 0. The maximum atomic E-state index is 13.0. The number of sulfone groups is 1. The smallest absolute Gasteiger partial charge is 0.262 e. The summed E-state index contributed by atoms with van der Waals surface area (Å²) in [6.45, 7) is -0.269. The van der Waals surface area contributed by atoms with Gasteiger partial charge in [0.15, 0.2) is 16.4 Å². The van der Waals surface area contributed by atoms with Gasteiger partial charge in [0.1, 0.15) is 11.6 Å². The fraction of sp³-hybridized carbons (Fsp3) is 0.133. The normalized spacial score (nSPS) is 11.0. The first kappa shape index (κ1) is 16.0. The lowest BCUT2D eigenvalue weighted by Gasteiger charge is -2.08. The Kier molecular flexibility index (Phi) is 4.77. The number of carbonyl (C=O) groups excluding carboxylic acids is 1. The van der Waals surface area contributed by atoms with Gasteiger partial charge in [-0.2, -0.15) is 0 Å². The molecule has 0 aliphatic rings. The van der Waals surface area contributed by atoms with Crippen molar-refractivity contribution in [1.82, 2.24) is 0 Å². The standard InChI is InChI=1S/C15H14FNO4S/c1-22(19,20)14-7-5-13(6-8-14)21-10-15(18)17-12-4-2-3-11(16)9-12/h2-9H,10H2,1H3,(H,17,18). The third-order valence-electron chi connectivity index (χ3n) is 2.73. The van der Waals surface area contributed by atoms with E-state index in [4.69, 9.17) is 4.74 Å². The molecule has 0 spiro atoms. The molecule has 0 radical (unpaired) electrons. The number of amides is 1. The molecule has 0 unspecified atom stereocenters. The van der Waals surface area contributed by atoms with Crippen LogP contribution in [-0.2, 0) is 14.6 Å². The number of anilines is 1. The summed E-state index contributed by atoms with van der Waals surface area (Å²) in [6.07, 6.45) is 1.11. The van der Waals surface area contributed by atoms with Crippen LogP contribution in [0.15, 0.2) is 53.4 Å². The molecule has 0 atom stereocenters. The summed E-state index contributed by atoms with van der Waals surface area (Å²) in [5, 5.41) is 2.49. The van der Waals surface area contributed by atoms with Gasteiger partial charge < -0.3 is 10.1 Å². The largest absolute Gasteiger partial charge is 0.484 e. The fourth-order valence-corrected chi connectivity index (χ4v) is 2.33. The van der Waals surface area contributed by atoms with Crippen molar-refractivity contribution in [2.24, 2.45) is 0 Å². The number of hydrogen-bond donors (Lipinski definition) is 1. The zero-order valence-corrected chi connectivity index (χ0v) is 12.6. The average Bonchev–Trinajstić information content (AvgIpc) is 2.45. The summed E-state index contributed by atoms with van der Waals surface area (Å²) in [5.74, 6) is -0.533. The number of hydrogen-bond acceptors (Lipinski definition) is 4. The lowest BCUT2D eigenvalue weighted by atomic mass is 10.3. The summed E-state index contributed by atoms with van der Waals surface area (Å²) in [5.41, 5.74) is 0.334. The molecular formula is C15H14FNO4S. The zero-order valence-electron chi connectivity index (χ0n) is 11.7. The molecular weight excluding hydrogens is 309 g/mol. The van der Waals surface area contributed by atoms with Crippen molar-refractivity contribution in [1.29, 1.82) is 0 Å². The number of benzene rings is 2. The van der Waals surface area contributed by atoms with Crippen LogP contribution in [0.3, 0.4) is 0 Å². The Morgan fingerprint density at radius 3 is 2.45 bits per heavy atom. The van der Waals surface area contributed by atoms with E-state index < -0.39 is 21.6 Å². The first-order valence-corrected chi connectivity index (χ1v) is 8.22. The molecule has 22 heavy (non-hydrogen) atoms. The van der Waals surface area contributed by atoms with E-state index in [9.17, 15) is 17.6 Å². The van der Waals surface area contributed by atoms with E-state index in [1.165, 1.54) is 42.5 Å². The number of rotatable bonds is 5. The Hall–Kier alpha value is -2.41. The van der Waals surface area contributed by atoms with Crippen LogP contribution in [0.2, 0.25) is 0 Å². The molecule has 0 aliphatic carbocycles. The summed E-state index contributed by atoms with van der Waals surface area (Å²) < 4.78 is 40.8. The van der Waals surface area contributed by atoms with E-state index >= 15 is 0 Å². The highest BCUT2D eigenvalue weighted by Crippen LogP contribution is 2.16. The maximum Gasteiger partial charge on any atom is 0.262 e. The molecule has 0 bridgehead atoms. The van der Waals surface area contributed by atoms with Crippen LogP contribution < -0.4 is 10.1 Å². The van der Waals surface area contributed by atoms with E-state index in [-0.39, 0.29) is 11.5 Å². The molecule has 0 heterocycles. The van der Waals surface area contributed by atoms with Gasteiger partial charge in [-0.3, -0.25) is 4.79 Å². The van der Waals surface area contributed by atoms with Crippen LogP contribution in [0.1, 0.15) is 0 Å². The highest BCUT2D eigenvalue weighted by molar-refractivity contribution is 7.90. The minimum Gasteiger partial charge on any atom is -0.484 e. The van der Waals surface area contributed by atoms with Crippen LogP contribution in [0.25, 0.3) is 0 Å². The van der Waals surface area contributed by atoms with Gasteiger partial charge in [0.05, 0.1) is 4.90 Å². The van der Waals surface area contributed by atoms with Crippen LogP contribution in [-0.4, -0.2) is 27.2 Å². The topological polar surface area (TPSA) is 72.5 Å². The second-order valence-electron chi connectivity index (χ2n) is 4.59. The molecule has 0 aliphatic heterocycles. The number of carbonyl (C=O) groups is 1. The van der Waals surface area contributed by atoms with Gasteiger partial charge in [0.2, 0.25) is 0 Å². The van der Waals surface area contributed by atoms with Gasteiger partial charge in [0.25, 0.3) is 5.91 Å². The second kappa shape index (κ2) is 6.57. The van der Waals surface area contributed by atoms with Crippen LogP contribution in [0.5, 0.6) is 5.75 Å². The van der Waals surface area contributed by atoms with Crippen molar-refractivity contribution < 1.29 is 22.3 Å². The van der Waals surface area contributed by atoms with Crippen LogP contribution >= 0.6 is 0 Å². The third kappa shape index (κ3) is 4.56. The van der Waals surface area contributed by atoms with Crippen molar-refractivity contribution in [3.8, 4) is 5.75 Å². The molecule has 2 aromatic rings. The van der Waals surface area contributed by atoms with E-state index in [1.54, 1.807) is 6.07 Å². The van der Waals surface area contributed by atoms with Gasteiger partial charge in [-0.1, -0.05) is 6.07 Å². The second-order valence-corrected chi connectivity index (χ2v) is 6.61. The minimum absolute atomic E-state index is 0.170. The van der Waals surface area contributed by atoms with Crippen molar-refractivity contribution >= 4 is 21.4 Å². The Bertz CT molecular complexity index is 772. The van der Waals surface area contributed by atoms with Crippen LogP contribution in [0, 0.1) is 5.82 Å². The highest BCUT2D eigenvalue weighted by Gasteiger charge is 2.08. The molecule has 0 aromatic heterocycles. The van der Waals surface area contributed by atoms with Crippen molar-refractivity contribution in [3.05, 3.63) is 54.3 Å². The predicted octanol–water partition coefficient (Wildman–Crippen LogP) is 2.25.